The Kier molecular flexibility index (Phi) is 4.12. The van der Waals surface area contributed by atoms with E-state index in [4.69, 9.17) is 0 Å². The SMILES string of the molecule is CCNCC(C)C(=O)Nc1cnoc1. The van der Waals surface area contributed by atoms with Gasteiger partial charge in [-0.05, 0) is 6.54 Å². The fraction of sp³-hybridized carbons (Fsp3) is 0.556. The molecular formula is C9H15N3O2. The number of hydrogen-bond donors (Lipinski definition) is 2. The predicted molar refractivity (Wildman–Crippen MR) is 52.8 cm³/mol. The molecule has 1 aromatic rings. The Bertz CT molecular complexity index is 272. The van der Waals surface area contributed by atoms with Crippen LogP contribution >= 0.6 is 0 Å². The quantitative estimate of drug-likeness (QED) is 0.734. The maximum Gasteiger partial charge on any atom is 0.228 e. The average Bonchev–Trinajstić information content (AvgIpc) is 2.66. The second-order valence-electron chi connectivity index (χ2n) is 3.11. The molecule has 0 saturated heterocycles. The fourth-order valence-corrected chi connectivity index (χ4v) is 0.986. The lowest BCUT2D eigenvalue weighted by atomic mass is 10.1. The number of hydrogen-bond acceptors (Lipinski definition) is 4. The number of carbonyl (C=O) groups is 1. The summed E-state index contributed by atoms with van der Waals surface area (Å²) in [4.78, 5) is 11.5. The second-order valence-corrected chi connectivity index (χ2v) is 3.11. The van der Waals surface area contributed by atoms with Gasteiger partial charge in [0.2, 0.25) is 5.91 Å². The summed E-state index contributed by atoms with van der Waals surface area (Å²) >= 11 is 0. The summed E-state index contributed by atoms with van der Waals surface area (Å²) < 4.78 is 4.60. The van der Waals surface area contributed by atoms with E-state index in [1.807, 2.05) is 13.8 Å². The fourth-order valence-electron chi connectivity index (χ4n) is 0.986. The van der Waals surface area contributed by atoms with E-state index in [1.165, 1.54) is 12.5 Å². The van der Waals surface area contributed by atoms with Gasteiger partial charge in [0, 0.05) is 12.5 Å². The van der Waals surface area contributed by atoms with Crippen LogP contribution in [0.3, 0.4) is 0 Å². The molecule has 0 saturated carbocycles. The Morgan fingerprint density at radius 2 is 2.50 bits per heavy atom. The van der Waals surface area contributed by atoms with Crippen LogP contribution in [0.4, 0.5) is 5.69 Å². The molecule has 1 rings (SSSR count). The van der Waals surface area contributed by atoms with Crippen molar-refractivity contribution in [3.8, 4) is 0 Å². The number of rotatable bonds is 5. The van der Waals surface area contributed by atoms with E-state index < -0.39 is 0 Å². The van der Waals surface area contributed by atoms with Gasteiger partial charge < -0.3 is 15.2 Å². The van der Waals surface area contributed by atoms with Crippen molar-refractivity contribution in [3.05, 3.63) is 12.5 Å². The van der Waals surface area contributed by atoms with Crippen LogP contribution in [0, 0.1) is 5.92 Å². The molecule has 5 nitrogen and oxygen atoms in total. The van der Waals surface area contributed by atoms with Gasteiger partial charge in [-0.3, -0.25) is 4.79 Å². The van der Waals surface area contributed by atoms with E-state index in [2.05, 4.69) is 20.3 Å². The van der Waals surface area contributed by atoms with Crippen molar-refractivity contribution in [2.45, 2.75) is 13.8 Å². The number of carbonyl (C=O) groups excluding carboxylic acids is 1. The van der Waals surface area contributed by atoms with Crippen LogP contribution in [0.5, 0.6) is 0 Å². The molecule has 2 N–H and O–H groups in total. The zero-order valence-corrected chi connectivity index (χ0v) is 8.41. The standard InChI is InChI=1S/C9H15N3O2/c1-3-10-4-7(2)9(13)12-8-5-11-14-6-8/h5-7,10H,3-4H2,1-2H3,(H,12,13). The molecule has 0 radical (unpaired) electrons. The van der Waals surface area contributed by atoms with E-state index in [1.54, 1.807) is 0 Å². The lowest BCUT2D eigenvalue weighted by Crippen LogP contribution is -2.30. The summed E-state index contributed by atoms with van der Waals surface area (Å²) in [6, 6.07) is 0. The molecule has 1 atom stereocenters. The zero-order chi connectivity index (χ0) is 10.4. The van der Waals surface area contributed by atoms with Gasteiger partial charge in [-0.25, -0.2) is 0 Å². The molecule has 78 valence electrons. The lowest BCUT2D eigenvalue weighted by Gasteiger charge is -2.10. The summed E-state index contributed by atoms with van der Waals surface area (Å²) in [5.41, 5.74) is 0.596. The molecule has 0 bridgehead atoms. The van der Waals surface area contributed by atoms with E-state index >= 15 is 0 Å². The van der Waals surface area contributed by atoms with Crippen molar-refractivity contribution < 1.29 is 9.32 Å². The normalized spacial score (nSPS) is 12.4. The van der Waals surface area contributed by atoms with Crippen LogP contribution < -0.4 is 10.6 Å². The average molecular weight is 197 g/mol. The van der Waals surface area contributed by atoms with Crippen molar-refractivity contribution in [2.24, 2.45) is 5.92 Å². The Morgan fingerprint density at radius 1 is 1.71 bits per heavy atom. The van der Waals surface area contributed by atoms with Crippen LogP contribution in [0.2, 0.25) is 0 Å². The molecule has 1 aromatic heterocycles. The van der Waals surface area contributed by atoms with Crippen LogP contribution in [-0.2, 0) is 4.79 Å². The molecule has 5 heteroatoms. The Labute approximate surface area is 82.8 Å². The lowest BCUT2D eigenvalue weighted by molar-refractivity contribution is -0.119. The molecule has 0 aliphatic carbocycles. The second kappa shape index (κ2) is 5.39. The number of anilines is 1. The highest BCUT2D eigenvalue weighted by molar-refractivity contribution is 5.92. The first kappa shape index (κ1) is 10.7. The maximum absolute atomic E-state index is 11.5. The largest absolute Gasteiger partial charge is 0.363 e. The monoisotopic (exact) mass is 197 g/mol. The third-order valence-electron chi connectivity index (χ3n) is 1.85. The van der Waals surface area contributed by atoms with Crippen LogP contribution in [-0.4, -0.2) is 24.2 Å². The van der Waals surface area contributed by atoms with E-state index in [0.29, 0.717) is 12.2 Å². The highest BCUT2D eigenvalue weighted by Gasteiger charge is 2.12. The minimum absolute atomic E-state index is 0.0332. The molecule has 1 heterocycles. The molecule has 0 aliphatic rings. The summed E-state index contributed by atoms with van der Waals surface area (Å²) in [7, 11) is 0. The summed E-state index contributed by atoms with van der Waals surface area (Å²) in [6.07, 6.45) is 2.87. The minimum atomic E-state index is -0.0650. The molecule has 1 amide bonds. The summed E-state index contributed by atoms with van der Waals surface area (Å²) in [5.74, 6) is -0.0981. The van der Waals surface area contributed by atoms with Crippen molar-refractivity contribution in [1.29, 1.82) is 0 Å². The first-order chi connectivity index (χ1) is 6.74. The number of nitrogens with zero attached hydrogens (tertiary/aromatic N) is 1. The van der Waals surface area contributed by atoms with Crippen molar-refractivity contribution in [1.82, 2.24) is 10.5 Å². The number of nitrogens with one attached hydrogen (secondary N) is 2. The Balaban J connectivity index is 2.34. The third kappa shape index (κ3) is 3.18. The molecular weight excluding hydrogens is 182 g/mol. The maximum atomic E-state index is 11.5. The number of aromatic nitrogens is 1. The van der Waals surface area contributed by atoms with E-state index in [-0.39, 0.29) is 11.8 Å². The van der Waals surface area contributed by atoms with Gasteiger partial charge in [-0.15, -0.1) is 0 Å². The van der Waals surface area contributed by atoms with Gasteiger partial charge in [-0.2, -0.15) is 0 Å². The molecule has 0 fully saturated rings. The third-order valence-corrected chi connectivity index (χ3v) is 1.85. The first-order valence-electron chi connectivity index (χ1n) is 4.65. The van der Waals surface area contributed by atoms with Gasteiger partial charge in [0.25, 0.3) is 0 Å². The minimum Gasteiger partial charge on any atom is -0.363 e. The zero-order valence-electron chi connectivity index (χ0n) is 8.41. The van der Waals surface area contributed by atoms with Crippen molar-refractivity contribution >= 4 is 11.6 Å². The van der Waals surface area contributed by atoms with Gasteiger partial charge in [0.1, 0.15) is 12.0 Å². The summed E-state index contributed by atoms with van der Waals surface area (Å²) in [5, 5.41) is 9.30. The number of amides is 1. The highest BCUT2D eigenvalue weighted by Crippen LogP contribution is 2.05. The Morgan fingerprint density at radius 3 is 3.07 bits per heavy atom. The molecule has 14 heavy (non-hydrogen) atoms. The van der Waals surface area contributed by atoms with Crippen molar-refractivity contribution in [3.63, 3.8) is 0 Å². The predicted octanol–water partition coefficient (Wildman–Crippen LogP) is 0.859. The highest BCUT2D eigenvalue weighted by atomic mass is 16.5. The van der Waals surface area contributed by atoms with Gasteiger partial charge in [0.15, 0.2) is 0 Å². The molecule has 0 aromatic carbocycles. The smallest absolute Gasteiger partial charge is 0.228 e. The van der Waals surface area contributed by atoms with Crippen LogP contribution in [0.25, 0.3) is 0 Å². The Hall–Kier alpha value is -1.36. The van der Waals surface area contributed by atoms with E-state index in [0.717, 1.165) is 6.54 Å². The van der Waals surface area contributed by atoms with E-state index in [9.17, 15) is 4.79 Å². The van der Waals surface area contributed by atoms with Gasteiger partial charge in [0.05, 0.1) is 6.20 Å². The molecule has 1 unspecified atom stereocenters. The first-order valence-corrected chi connectivity index (χ1v) is 4.65. The van der Waals surface area contributed by atoms with Crippen molar-refractivity contribution in [2.75, 3.05) is 18.4 Å². The van der Waals surface area contributed by atoms with Gasteiger partial charge in [-0.1, -0.05) is 19.0 Å². The van der Waals surface area contributed by atoms with Crippen LogP contribution in [0.1, 0.15) is 13.8 Å². The topological polar surface area (TPSA) is 67.2 Å². The van der Waals surface area contributed by atoms with Gasteiger partial charge >= 0.3 is 0 Å². The molecule has 0 aliphatic heterocycles. The van der Waals surface area contributed by atoms with Crippen LogP contribution in [0.15, 0.2) is 17.0 Å². The molecule has 0 spiro atoms. The summed E-state index contributed by atoms with van der Waals surface area (Å²) in [6.45, 7) is 5.41.